The number of nitrogens with zero attached hydrogens (tertiary/aromatic N) is 2. The molecule has 0 spiro atoms. The van der Waals surface area contributed by atoms with Crippen LogP contribution in [0.1, 0.15) is 12.5 Å². The van der Waals surface area contributed by atoms with Crippen molar-refractivity contribution in [1.82, 2.24) is 14.8 Å². The van der Waals surface area contributed by atoms with Crippen LogP contribution in [-0.4, -0.2) is 26.0 Å². The molecule has 0 aliphatic heterocycles. The van der Waals surface area contributed by atoms with Gasteiger partial charge in [0.1, 0.15) is 12.1 Å². The van der Waals surface area contributed by atoms with Gasteiger partial charge in [0, 0.05) is 5.56 Å². The third-order valence-electron chi connectivity index (χ3n) is 2.45. The van der Waals surface area contributed by atoms with Crippen LogP contribution >= 0.6 is 12.2 Å². The van der Waals surface area contributed by atoms with Gasteiger partial charge in [0.05, 0.1) is 11.8 Å². The first-order valence-corrected chi connectivity index (χ1v) is 5.77. The van der Waals surface area contributed by atoms with Crippen molar-refractivity contribution in [3.63, 3.8) is 0 Å². The lowest BCUT2D eigenvalue weighted by Crippen LogP contribution is -2.12. The van der Waals surface area contributed by atoms with Gasteiger partial charge >= 0.3 is 0 Å². The number of hydrogen-bond acceptors (Lipinski definition) is 3. The van der Waals surface area contributed by atoms with E-state index in [1.807, 2.05) is 0 Å². The Morgan fingerprint density at radius 2 is 2.28 bits per heavy atom. The highest BCUT2D eigenvalue weighted by molar-refractivity contribution is 7.71. The first-order valence-electron chi connectivity index (χ1n) is 5.36. The number of H-pyrrole nitrogens is 1. The summed E-state index contributed by atoms with van der Waals surface area (Å²) in [6.45, 7) is 1.58. The van der Waals surface area contributed by atoms with Gasteiger partial charge in [-0.15, -0.1) is 0 Å². The van der Waals surface area contributed by atoms with E-state index in [-0.39, 0.29) is 10.6 Å². The van der Waals surface area contributed by atoms with Crippen molar-refractivity contribution in [2.45, 2.75) is 13.0 Å². The molecule has 0 saturated heterocycles. The Hall–Kier alpha value is -1.79. The molecule has 0 fully saturated rings. The third kappa shape index (κ3) is 2.55. The van der Waals surface area contributed by atoms with Crippen LogP contribution in [0.15, 0.2) is 30.6 Å². The smallest absolute Gasteiger partial charge is 0.220 e. The highest BCUT2D eigenvalue weighted by Gasteiger charge is 2.10. The Bertz CT molecular complexity index is 630. The molecule has 1 aromatic heterocycles. The largest absolute Gasteiger partial charge is 0.387 e. The monoisotopic (exact) mass is 265 g/mol. The Kier molecular flexibility index (Phi) is 3.69. The quantitative estimate of drug-likeness (QED) is 0.838. The highest BCUT2D eigenvalue weighted by Crippen LogP contribution is 2.17. The average Bonchev–Trinajstić information content (AvgIpc) is 2.74. The maximum atomic E-state index is 13.6. The number of aromatic amines is 1. The molecule has 6 heteroatoms. The van der Waals surface area contributed by atoms with Crippen molar-refractivity contribution in [2.75, 3.05) is 0 Å². The average molecular weight is 265 g/mol. The molecule has 94 valence electrons. The second-order valence-electron chi connectivity index (χ2n) is 3.77. The summed E-state index contributed by atoms with van der Waals surface area (Å²) in [5, 5.41) is 12.5. The summed E-state index contributed by atoms with van der Waals surface area (Å²) < 4.78 is 15.3. The van der Waals surface area contributed by atoms with Gasteiger partial charge in [-0.3, -0.25) is 5.10 Å². The van der Waals surface area contributed by atoms with Gasteiger partial charge < -0.3 is 5.11 Å². The maximum absolute atomic E-state index is 13.6. The van der Waals surface area contributed by atoms with Crippen LogP contribution in [-0.2, 0) is 0 Å². The summed E-state index contributed by atoms with van der Waals surface area (Å²) in [7, 11) is 0. The fraction of sp³-hybridized carbons (Fsp3) is 0.167. The minimum Gasteiger partial charge on any atom is -0.387 e. The standard InChI is InChI=1S/C12H12FN3OS/c1-8(17)11(16-12(18)14-7-15-16)6-9-4-2-3-5-10(9)13/h2-8,17H,1H3,(H,14,15,18)/b11-6+. The Balaban J connectivity index is 2.53. The van der Waals surface area contributed by atoms with Crippen LogP contribution < -0.4 is 0 Å². The van der Waals surface area contributed by atoms with E-state index in [0.29, 0.717) is 11.3 Å². The van der Waals surface area contributed by atoms with Crippen LogP contribution in [0.2, 0.25) is 0 Å². The first-order chi connectivity index (χ1) is 8.59. The topological polar surface area (TPSA) is 53.8 Å². The summed E-state index contributed by atoms with van der Waals surface area (Å²) in [6, 6.07) is 6.31. The molecule has 0 aliphatic rings. The predicted octanol–water partition coefficient (Wildman–Crippen LogP) is 2.46. The number of aliphatic hydroxyl groups excluding tert-OH is 1. The number of rotatable bonds is 3. The van der Waals surface area contributed by atoms with E-state index in [9.17, 15) is 9.50 Å². The summed E-state index contributed by atoms with van der Waals surface area (Å²) in [6.07, 6.45) is 2.14. The molecule has 18 heavy (non-hydrogen) atoms. The van der Waals surface area contributed by atoms with E-state index >= 15 is 0 Å². The lowest BCUT2D eigenvalue weighted by molar-refractivity contribution is 0.246. The number of benzene rings is 1. The maximum Gasteiger partial charge on any atom is 0.220 e. The first kappa shape index (κ1) is 12.7. The van der Waals surface area contributed by atoms with Crippen LogP contribution in [0.25, 0.3) is 11.8 Å². The van der Waals surface area contributed by atoms with E-state index in [4.69, 9.17) is 12.2 Å². The van der Waals surface area contributed by atoms with Crippen LogP contribution in [0, 0.1) is 10.6 Å². The van der Waals surface area contributed by atoms with Gasteiger partial charge in [0.25, 0.3) is 0 Å². The number of aliphatic hydroxyl groups is 1. The van der Waals surface area contributed by atoms with Crippen molar-refractivity contribution in [3.05, 3.63) is 46.7 Å². The molecule has 1 heterocycles. The molecule has 1 atom stereocenters. The van der Waals surface area contributed by atoms with E-state index in [1.165, 1.54) is 23.2 Å². The molecular weight excluding hydrogens is 253 g/mol. The van der Waals surface area contributed by atoms with E-state index in [0.717, 1.165) is 0 Å². The molecule has 1 unspecified atom stereocenters. The Morgan fingerprint density at radius 1 is 1.56 bits per heavy atom. The van der Waals surface area contributed by atoms with Gasteiger partial charge in [0.2, 0.25) is 4.77 Å². The van der Waals surface area contributed by atoms with Crippen molar-refractivity contribution in [2.24, 2.45) is 0 Å². The summed E-state index contributed by atoms with van der Waals surface area (Å²) in [4.78, 5) is 3.86. The van der Waals surface area contributed by atoms with E-state index in [2.05, 4.69) is 10.1 Å². The molecule has 0 saturated carbocycles. The minimum atomic E-state index is -0.809. The lowest BCUT2D eigenvalue weighted by atomic mass is 10.1. The van der Waals surface area contributed by atoms with Gasteiger partial charge in [-0.1, -0.05) is 18.2 Å². The van der Waals surface area contributed by atoms with Crippen molar-refractivity contribution >= 4 is 24.0 Å². The third-order valence-corrected chi connectivity index (χ3v) is 2.74. The fourth-order valence-electron chi connectivity index (χ4n) is 1.56. The Labute approximate surface area is 108 Å². The molecule has 1 aromatic carbocycles. The minimum absolute atomic E-state index is 0.276. The number of hydrogen-bond donors (Lipinski definition) is 2. The zero-order valence-corrected chi connectivity index (χ0v) is 10.5. The van der Waals surface area contributed by atoms with Gasteiger partial charge in [-0.25, -0.2) is 14.1 Å². The molecular formula is C12H12FN3OS. The number of nitrogens with one attached hydrogen (secondary N) is 1. The highest BCUT2D eigenvalue weighted by atomic mass is 32.1. The predicted molar refractivity (Wildman–Crippen MR) is 69.7 cm³/mol. The summed E-state index contributed by atoms with van der Waals surface area (Å²) in [5.74, 6) is -0.360. The van der Waals surface area contributed by atoms with E-state index < -0.39 is 6.10 Å². The van der Waals surface area contributed by atoms with Gasteiger partial charge in [0.15, 0.2) is 0 Å². The molecule has 2 rings (SSSR count). The fourth-order valence-corrected chi connectivity index (χ4v) is 1.77. The molecule has 0 aliphatic carbocycles. The number of halogens is 1. The lowest BCUT2D eigenvalue weighted by Gasteiger charge is -2.11. The van der Waals surface area contributed by atoms with Gasteiger partial charge in [-0.05, 0) is 31.3 Å². The molecule has 4 nitrogen and oxygen atoms in total. The van der Waals surface area contributed by atoms with Crippen molar-refractivity contribution < 1.29 is 9.50 Å². The van der Waals surface area contributed by atoms with Gasteiger partial charge in [-0.2, -0.15) is 0 Å². The summed E-state index contributed by atoms with van der Waals surface area (Å²) >= 11 is 5.00. The van der Waals surface area contributed by atoms with Crippen LogP contribution in [0.4, 0.5) is 4.39 Å². The van der Waals surface area contributed by atoms with E-state index in [1.54, 1.807) is 25.1 Å². The van der Waals surface area contributed by atoms with Crippen molar-refractivity contribution in [1.29, 1.82) is 0 Å². The van der Waals surface area contributed by atoms with Crippen LogP contribution in [0.3, 0.4) is 0 Å². The van der Waals surface area contributed by atoms with Crippen LogP contribution in [0.5, 0.6) is 0 Å². The zero-order chi connectivity index (χ0) is 13.1. The van der Waals surface area contributed by atoms with Crippen molar-refractivity contribution in [3.8, 4) is 0 Å². The molecule has 2 N–H and O–H groups in total. The molecule has 2 aromatic rings. The second kappa shape index (κ2) is 5.24. The molecule has 0 bridgehead atoms. The Morgan fingerprint density at radius 3 is 2.83 bits per heavy atom. The second-order valence-corrected chi connectivity index (χ2v) is 4.14. The molecule has 0 amide bonds. The SMILES string of the molecule is CC(O)/C(=C\c1ccccc1F)n1[nH]cnc1=S. The summed E-state index contributed by atoms with van der Waals surface area (Å²) in [5.41, 5.74) is 0.813. The molecule has 0 radical (unpaired) electrons. The normalized spacial score (nSPS) is 13.6. The zero-order valence-electron chi connectivity index (χ0n) is 9.67. The number of aromatic nitrogens is 3.